The molecule has 0 radical (unpaired) electrons. The summed E-state index contributed by atoms with van der Waals surface area (Å²) >= 11 is 0. The molecule has 3 nitrogen and oxygen atoms in total. The number of hydrogen-bond acceptors (Lipinski definition) is 3. The maximum absolute atomic E-state index is 12.0. The molecule has 2 aliphatic rings. The lowest BCUT2D eigenvalue weighted by atomic mass is 9.59. The first-order valence-electron chi connectivity index (χ1n) is 6.29. The molecule has 0 aromatic heterocycles. The maximum Gasteiger partial charge on any atom is 0.341 e. The Morgan fingerprint density at radius 1 is 1.31 bits per heavy atom. The van der Waals surface area contributed by atoms with Crippen molar-refractivity contribution in [3.63, 3.8) is 0 Å². The monoisotopic (exact) mass is 226 g/mol. The fourth-order valence-electron chi connectivity index (χ4n) is 3.37. The molecule has 0 aromatic carbocycles. The van der Waals surface area contributed by atoms with Crippen LogP contribution in [0.15, 0.2) is 0 Å². The van der Waals surface area contributed by atoms with E-state index in [0.29, 0.717) is 12.0 Å². The highest BCUT2D eigenvalue weighted by molar-refractivity contribution is 5.85. The number of hydrogen-bond donors (Lipinski definition) is 0. The molecule has 92 valence electrons. The van der Waals surface area contributed by atoms with Gasteiger partial charge >= 0.3 is 5.97 Å². The Bertz CT molecular complexity index is 300. The Hall–Kier alpha value is -0.570. The van der Waals surface area contributed by atoms with Gasteiger partial charge in [-0.3, -0.25) is 0 Å². The molecular weight excluding hydrogens is 204 g/mol. The van der Waals surface area contributed by atoms with E-state index in [1.165, 1.54) is 0 Å². The number of carbonyl (C=O) groups is 1. The van der Waals surface area contributed by atoms with E-state index >= 15 is 0 Å². The smallest absolute Gasteiger partial charge is 0.341 e. The molecule has 3 heteroatoms. The predicted molar refractivity (Wildman–Crippen MR) is 61.1 cm³/mol. The van der Waals surface area contributed by atoms with Gasteiger partial charge < -0.3 is 9.47 Å². The van der Waals surface area contributed by atoms with Gasteiger partial charge in [0.2, 0.25) is 0 Å². The van der Waals surface area contributed by atoms with Gasteiger partial charge in [-0.2, -0.15) is 0 Å². The molecule has 0 bridgehead atoms. The van der Waals surface area contributed by atoms with Crippen LogP contribution in [0, 0.1) is 5.41 Å². The van der Waals surface area contributed by atoms with E-state index in [2.05, 4.69) is 20.8 Å². The topological polar surface area (TPSA) is 38.8 Å². The van der Waals surface area contributed by atoms with Crippen molar-refractivity contribution in [2.45, 2.75) is 64.6 Å². The molecule has 1 aliphatic carbocycles. The highest BCUT2D eigenvalue weighted by atomic mass is 16.7. The van der Waals surface area contributed by atoms with Crippen LogP contribution in [0.2, 0.25) is 0 Å². The second-order valence-corrected chi connectivity index (χ2v) is 5.91. The third-order valence-electron chi connectivity index (χ3n) is 3.80. The van der Waals surface area contributed by atoms with Crippen LogP contribution in [0.25, 0.3) is 0 Å². The van der Waals surface area contributed by atoms with Crippen LogP contribution in [0.3, 0.4) is 0 Å². The van der Waals surface area contributed by atoms with Crippen molar-refractivity contribution >= 4 is 5.97 Å². The average molecular weight is 226 g/mol. The van der Waals surface area contributed by atoms with Crippen LogP contribution in [0.5, 0.6) is 0 Å². The highest BCUT2D eigenvalue weighted by Crippen LogP contribution is 2.68. The Morgan fingerprint density at radius 3 is 2.38 bits per heavy atom. The zero-order valence-corrected chi connectivity index (χ0v) is 10.8. The molecule has 1 aliphatic heterocycles. The predicted octanol–water partition coefficient (Wildman–Crippen LogP) is 2.68. The summed E-state index contributed by atoms with van der Waals surface area (Å²) in [5.74, 6) is -0.146. The fourth-order valence-corrected chi connectivity index (χ4v) is 3.37. The summed E-state index contributed by atoms with van der Waals surface area (Å²) < 4.78 is 11.0. The molecule has 0 amide bonds. The lowest BCUT2D eigenvalue weighted by molar-refractivity contribution is -0.150. The normalized spacial score (nSPS) is 33.2. The van der Waals surface area contributed by atoms with Crippen molar-refractivity contribution in [1.29, 1.82) is 0 Å². The van der Waals surface area contributed by atoms with Gasteiger partial charge in [0.25, 0.3) is 0 Å². The zero-order chi connectivity index (χ0) is 12.0. The summed E-state index contributed by atoms with van der Waals surface area (Å²) in [5, 5.41) is 0. The van der Waals surface area contributed by atoms with E-state index in [4.69, 9.17) is 9.47 Å². The SMILES string of the molecule is CCCC1(C(=O)OCC)OC12CC(C)(C)C2. The Labute approximate surface area is 97.5 Å². The summed E-state index contributed by atoms with van der Waals surface area (Å²) in [6, 6.07) is 0. The van der Waals surface area contributed by atoms with E-state index < -0.39 is 5.60 Å². The van der Waals surface area contributed by atoms with E-state index in [0.717, 1.165) is 25.7 Å². The Kier molecular flexibility index (Phi) is 2.57. The number of epoxide rings is 1. The van der Waals surface area contributed by atoms with Crippen LogP contribution in [-0.4, -0.2) is 23.8 Å². The highest BCUT2D eigenvalue weighted by Gasteiger charge is 2.80. The van der Waals surface area contributed by atoms with Gasteiger partial charge in [0.1, 0.15) is 5.60 Å². The van der Waals surface area contributed by atoms with Crippen LogP contribution < -0.4 is 0 Å². The fraction of sp³-hybridized carbons (Fsp3) is 0.923. The van der Waals surface area contributed by atoms with Gasteiger partial charge in [-0.15, -0.1) is 0 Å². The van der Waals surface area contributed by atoms with Gasteiger partial charge in [-0.1, -0.05) is 27.2 Å². The first kappa shape index (κ1) is 11.9. The van der Waals surface area contributed by atoms with Crippen molar-refractivity contribution in [2.75, 3.05) is 6.61 Å². The third-order valence-corrected chi connectivity index (χ3v) is 3.80. The van der Waals surface area contributed by atoms with Crippen LogP contribution >= 0.6 is 0 Å². The largest absolute Gasteiger partial charge is 0.464 e. The summed E-state index contributed by atoms with van der Waals surface area (Å²) in [6.45, 7) is 8.81. The maximum atomic E-state index is 12.0. The quantitative estimate of drug-likeness (QED) is 0.546. The van der Waals surface area contributed by atoms with Crippen molar-refractivity contribution in [1.82, 2.24) is 0 Å². The Balaban J connectivity index is 2.08. The minimum atomic E-state index is -0.604. The molecule has 1 atom stereocenters. The average Bonchev–Trinajstić information content (AvgIpc) is 2.74. The summed E-state index contributed by atoms with van der Waals surface area (Å²) in [5.41, 5.74) is -0.464. The summed E-state index contributed by atoms with van der Waals surface area (Å²) in [6.07, 6.45) is 3.72. The number of rotatable bonds is 4. The molecule has 16 heavy (non-hydrogen) atoms. The first-order chi connectivity index (χ1) is 7.41. The number of ether oxygens (including phenoxy) is 2. The third kappa shape index (κ3) is 1.48. The van der Waals surface area contributed by atoms with Gasteiger partial charge in [0, 0.05) is 0 Å². The minimum Gasteiger partial charge on any atom is -0.464 e. The summed E-state index contributed by atoms with van der Waals surface area (Å²) in [7, 11) is 0. The minimum absolute atomic E-state index is 0.146. The lowest BCUT2D eigenvalue weighted by Gasteiger charge is -2.42. The molecule has 0 aromatic rings. The Morgan fingerprint density at radius 2 is 1.94 bits per heavy atom. The van der Waals surface area contributed by atoms with Crippen LogP contribution in [-0.2, 0) is 14.3 Å². The molecule has 0 N–H and O–H groups in total. The van der Waals surface area contributed by atoms with E-state index in [9.17, 15) is 4.79 Å². The molecule has 1 saturated heterocycles. The molecule has 1 spiro atoms. The molecular formula is C13H22O3. The summed E-state index contributed by atoms with van der Waals surface area (Å²) in [4.78, 5) is 12.0. The van der Waals surface area contributed by atoms with E-state index in [-0.39, 0.29) is 11.6 Å². The lowest BCUT2D eigenvalue weighted by Crippen LogP contribution is -2.48. The van der Waals surface area contributed by atoms with Crippen molar-refractivity contribution in [3.8, 4) is 0 Å². The van der Waals surface area contributed by atoms with E-state index in [1.54, 1.807) is 0 Å². The molecule has 1 saturated carbocycles. The number of esters is 1. The van der Waals surface area contributed by atoms with Crippen LogP contribution in [0.1, 0.15) is 53.4 Å². The number of carbonyl (C=O) groups excluding carboxylic acids is 1. The van der Waals surface area contributed by atoms with Gasteiger partial charge in [-0.05, 0) is 31.6 Å². The standard InChI is InChI=1S/C13H22O3/c1-5-7-13(10(14)15-6-2)12(16-13)8-11(3,4)9-12/h5-9H2,1-4H3. The first-order valence-corrected chi connectivity index (χ1v) is 6.29. The molecule has 2 fully saturated rings. The van der Waals surface area contributed by atoms with Crippen molar-refractivity contribution < 1.29 is 14.3 Å². The van der Waals surface area contributed by atoms with Crippen molar-refractivity contribution in [3.05, 3.63) is 0 Å². The molecule has 1 unspecified atom stereocenters. The molecule has 1 heterocycles. The van der Waals surface area contributed by atoms with Gasteiger partial charge in [0.05, 0.1) is 6.61 Å². The van der Waals surface area contributed by atoms with Crippen LogP contribution in [0.4, 0.5) is 0 Å². The second-order valence-electron chi connectivity index (χ2n) is 5.91. The zero-order valence-electron chi connectivity index (χ0n) is 10.8. The van der Waals surface area contributed by atoms with Gasteiger partial charge in [0.15, 0.2) is 5.60 Å². The molecule has 2 rings (SSSR count). The van der Waals surface area contributed by atoms with Crippen molar-refractivity contribution in [2.24, 2.45) is 5.41 Å². The second kappa shape index (κ2) is 3.46. The van der Waals surface area contributed by atoms with E-state index in [1.807, 2.05) is 6.92 Å². The van der Waals surface area contributed by atoms with Gasteiger partial charge in [-0.25, -0.2) is 4.79 Å².